The Morgan fingerprint density at radius 2 is 1.88 bits per heavy atom. The molecule has 26 heavy (non-hydrogen) atoms. The monoisotopic (exact) mass is 402 g/mol. The molecule has 0 radical (unpaired) electrons. The first-order valence-corrected chi connectivity index (χ1v) is 9.91. The molecule has 0 aromatic heterocycles. The Labute approximate surface area is 166 Å². The average molecular weight is 403 g/mol. The number of quaternary nitrogens is 1. The normalized spacial score (nSPS) is 12.1. The highest BCUT2D eigenvalue weighted by Gasteiger charge is 2.23. The van der Waals surface area contributed by atoms with Crippen LogP contribution in [0.15, 0.2) is 18.2 Å². The first kappa shape index (κ1) is 22.7. The first-order valence-electron chi connectivity index (χ1n) is 9.15. The van der Waals surface area contributed by atoms with Crippen LogP contribution in [0.2, 0.25) is 10.0 Å². The van der Waals surface area contributed by atoms with Gasteiger partial charge in [0.1, 0.15) is 6.04 Å². The highest BCUT2D eigenvalue weighted by Crippen LogP contribution is 2.21. The maximum absolute atomic E-state index is 12.4. The SMILES string of the molecule is CC(C)[C@@H](NC(=O)CCCCC[NH3+])C(=O)NCCc1ccc(Cl)cc1Cl. The van der Waals surface area contributed by atoms with Crippen molar-refractivity contribution < 1.29 is 15.3 Å². The van der Waals surface area contributed by atoms with Crippen molar-refractivity contribution >= 4 is 35.0 Å². The highest BCUT2D eigenvalue weighted by molar-refractivity contribution is 6.35. The van der Waals surface area contributed by atoms with Crippen LogP contribution in [0.1, 0.15) is 45.1 Å². The van der Waals surface area contributed by atoms with Gasteiger partial charge in [-0.3, -0.25) is 9.59 Å². The molecule has 0 heterocycles. The van der Waals surface area contributed by atoms with E-state index in [2.05, 4.69) is 16.4 Å². The van der Waals surface area contributed by atoms with Gasteiger partial charge in [-0.05, 0) is 49.3 Å². The van der Waals surface area contributed by atoms with Crippen molar-refractivity contribution in [1.29, 1.82) is 0 Å². The molecule has 0 bridgehead atoms. The predicted molar refractivity (Wildman–Crippen MR) is 106 cm³/mol. The summed E-state index contributed by atoms with van der Waals surface area (Å²) in [5.74, 6) is -0.238. The molecule has 146 valence electrons. The second kappa shape index (κ2) is 12.2. The summed E-state index contributed by atoms with van der Waals surface area (Å²) < 4.78 is 0. The zero-order chi connectivity index (χ0) is 19.5. The lowest BCUT2D eigenvalue weighted by Gasteiger charge is -2.22. The highest BCUT2D eigenvalue weighted by atomic mass is 35.5. The van der Waals surface area contributed by atoms with Crippen molar-refractivity contribution in [1.82, 2.24) is 10.6 Å². The molecule has 0 aliphatic heterocycles. The molecule has 1 aromatic rings. The van der Waals surface area contributed by atoms with Gasteiger partial charge in [-0.15, -0.1) is 0 Å². The summed E-state index contributed by atoms with van der Waals surface area (Å²) >= 11 is 12.0. The van der Waals surface area contributed by atoms with Crippen LogP contribution in [0.3, 0.4) is 0 Å². The fourth-order valence-electron chi connectivity index (χ4n) is 2.57. The minimum atomic E-state index is -0.531. The van der Waals surface area contributed by atoms with Crippen molar-refractivity contribution in [3.05, 3.63) is 33.8 Å². The molecule has 5 nitrogen and oxygen atoms in total. The average Bonchev–Trinajstić information content (AvgIpc) is 2.58. The number of hydrogen-bond donors (Lipinski definition) is 3. The van der Waals surface area contributed by atoms with Gasteiger partial charge in [0, 0.05) is 23.0 Å². The summed E-state index contributed by atoms with van der Waals surface area (Å²) in [7, 11) is 0. The smallest absolute Gasteiger partial charge is 0.242 e. The van der Waals surface area contributed by atoms with Crippen molar-refractivity contribution in [2.45, 2.75) is 52.0 Å². The molecule has 0 unspecified atom stereocenters. The molecule has 0 fully saturated rings. The van der Waals surface area contributed by atoms with E-state index in [9.17, 15) is 9.59 Å². The van der Waals surface area contributed by atoms with E-state index in [0.29, 0.717) is 29.4 Å². The van der Waals surface area contributed by atoms with Gasteiger partial charge in [0.15, 0.2) is 0 Å². The molecular formula is C19H30Cl2N3O2+. The Bertz CT molecular complexity index is 594. The van der Waals surface area contributed by atoms with Gasteiger partial charge in [-0.25, -0.2) is 0 Å². The molecule has 0 saturated carbocycles. The van der Waals surface area contributed by atoms with Gasteiger partial charge in [-0.1, -0.05) is 43.1 Å². The third kappa shape index (κ3) is 8.39. The Morgan fingerprint density at radius 1 is 1.15 bits per heavy atom. The summed E-state index contributed by atoms with van der Waals surface area (Å²) in [6, 6.07) is 4.78. The third-order valence-corrected chi connectivity index (χ3v) is 4.72. The lowest BCUT2D eigenvalue weighted by atomic mass is 10.0. The predicted octanol–water partition coefficient (Wildman–Crippen LogP) is 2.60. The largest absolute Gasteiger partial charge is 0.358 e. The fraction of sp³-hybridized carbons (Fsp3) is 0.579. The molecule has 1 atom stereocenters. The van der Waals surface area contributed by atoms with Gasteiger partial charge in [-0.2, -0.15) is 0 Å². The minimum Gasteiger partial charge on any atom is -0.358 e. The van der Waals surface area contributed by atoms with Crippen LogP contribution in [0.5, 0.6) is 0 Å². The zero-order valence-electron chi connectivity index (χ0n) is 15.6. The van der Waals surface area contributed by atoms with E-state index >= 15 is 0 Å². The molecular weight excluding hydrogens is 373 g/mol. The van der Waals surface area contributed by atoms with E-state index in [1.54, 1.807) is 12.1 Å². The molecule has 0 aliphatic rings. The van der Waals surface area contributed by atoms with Crippen molar-refractivity contribution in [3.63, 3.8) is 0 Å². The molecule has 0 aliphatic carbocycles. The summed E-state index contributed by atoms with van der Waals surface area (Å²) in [6.07, 6.45) is 3.87. The molecule has 0 spiro atoms. The fourth-order valence-corrected chi connectivity index (χ4v) is 3.08. The lowest BCUT2D eigenvalue weighted by molar-refractivity contribution is -0.368. The van der Waals surface area contributed by atoms with Crippen LogP contribution in [0, 0.1) is 5.92 Å². The Kier molecular flexibility index (Phi) is 10.6. The molecule has 7 heteroatoms. The standard InChI is InChI=1S/C19H29Cl2N3O2/c1-13(2)18(24-17(25)6-4-3-5-10-22)19(26)23-11-9-14-7-8-15(20)12-16(14)21/h7-8,12-13,18H,3-6,9-11,22H2,1-2H3,(H,23,26)(H,24,25)/p+1/t18-/m1/s1. The van der Waals surface area contributed by atoms with E-state index in [-0.39, 0.29) is 17.7 Å². The maximum Gasteiger partial charge on any atom is 0.242 e. The Hall–Kier alpha value is -1.30. The van der Waals surface area contributed by atoms with Crippen LogP contribution in [-0.4, -0.2) is 30.9 Å². The number of rotatable bonds is 11. The number of hydrogen-bond acceptors (Lipinski definition) is 2. The van der Waals surface area contributed by atoms with Crippen molar-refractivity contribution in [2.24, 2.45) is 5.92 Å². The van der Waals surface area contributed by atoms with E-state index in [4.69, 9.17) is 23.2 Å². The van der Waals surface area contributed by atoms with E-state index in [1.807, 2.05) is 19.9 Å². The summed E-state index contributed by atoms with van der Waals surface area (Å²) in [6.45, 7) is 5.17. The van der Waals surface area contributed by atoms with Crippen LogP contribution in [-0.2, 0) is 16.0 Å². The number of amides is 2. The van der Waals surface area contributed by atoms with Crippen molar-refractivity contribution in [2.75, 3.05) is 13.1 Å². The first-order chi connectivity index (χ1) is 12.3. The Morgan fingerprint density at radius 3 is 2.50 bits per heavy atom. The van der Waals surface area contributed by atoms with Crippen molar-refractivity contribution in [3.8, 4) is 0 Å². The maximum atomic E-state index is 12.4. The molecule has 1 rings (SSSR count). The number of nitrogens with one attached hydrogen (secondary N) is 2. The molecule has 0 saturated heterocycles. The van der Waals surface area contributed by atoms with E-state index < -0.39 is 6.04 Å². The summed E-state index contributed by atoms with van der Waals surface area (Å²) in [5.41, 5.74) is 4.71. The zero-order valence-corrected chi connectivity index (χ0v) is 17.1. The molecule has 5 N–H and O–H groups in total. The molecule has 2 amide bonds. The van der Waals surface area contributed by atoms with Gasteiger partial charge in [0.25, 0.3) is 0 Å². The third-order valence-electron chi connectivity index (χ3n) is 4.13. The van der Waals surface area contributed by atoms with Crippen LogP contribution >= 0.6 is 23.2 Å². The number of carbonyl (C=O) groups excluding carboxylic acids is 2. The van der Waals surface area contributed by atoms with Gasteiger partial charge >= 0.3 is 0 Å². The molecule has 1 aromatic carbocycles. The van der Waals surface area contributed by atoms with Crippen LogP contribution in [0.25, 0.3) is 0 Å². The van der Waals surface area contributed by atoms with Crippen LogP contribution < -0.4 is 16.4 Å². The summed E-state index contributed by atoms with van der Waals surface area (Å²) in [4.78, 5) is 24.5. The van der Waals surface area contributed by atoms with Gasteiger partial charge in [0.2, 0.25) is 11.8 Å². The van der Waals surface area contributed by atoms with Crippen LogP contribution in [0.4, 0.5) is 0 Å². The lowest BCUT2D eigenvalue weighted by Crippen LogP contribution is -2.50. The quantitative estimate of drug-likeness (QED) is 0.496. The number of unbranched alkanes of at least 4 members (excludes halogenated alkanes) is 2. The van der Waals surface area contributed by atoms with Gasteiger partial charge < -0.3 is 16.4 Å². The number of benzene rings is 1. The van der Waals surface area contributed by atoms with E-state index in [1.165, 1.54) is 0 Å². The number of carbonyl (C=O) groups is 2. The minimum absolute atomic E-state index is 0.0120. The summed E-state index contributed by atoms with van der Waals surface area (Å²) in [5, 5.41) is 6.90. The second-order valence-electron chi connectivity index (χ2n) is 6.73. The second-order valence-corrected chi connectivity index (χ2v) is 7.57. The Balaban J connectivity index is 2.45. The van der Waals surface area contributed by atoms with Gasteiger partial charge in [0.05, 0.1) is 6.54 Å². The topological polar surface area (TPSA) is 85.8 Å². The van der Waals surface area contributed by atoms with E-state index in [0.717, 1.165) is 31.4 Å². The number of halogens is 2.